The second kappa shape index (κ2) is 6.29. The van der Waals surface area contributed by atoms with E-state index in [4.69, 9.17) is 9.53 Å². The second-order valence-electron chi connectivity index (χ2n) is 6.94. The van der Waals surface area contributed by atoms with E-state index in [1.54, 1.807) is 0 Å². The summed E-state index contributed by atoms with van der Waals surface area (Å²) in [6, 6.07) is 0.0429. The fraction of sp³-hybridized carbons (Fsp3) is 0.800. The van der Waals surface area contributed by atoms with Crippen molar-refractivity contribution in [1.82, 2.24) is 5.32 Å². The number of carbonyl (C=O) groups excluding carboxylic acids is 1. The van der Waals surface area contributed by atoms with Crippen LogP contribution in [0.2, 0.25) is 18.1 Å². The van der Waals surface area contributed by atoms with Crippen LogP contribution in [0.4, 0.5) is 0 Å². The third-order valence-electron chi connectivity index (χ3n) is 4.38. The summed E-state index contributed by atoms with van der Waals surface area (Å²) in [7, 11) is -1.87. The maximum atomic E-state index is 11.8. The van der Waals surface area contributed by atoms with Crippen LogP contribution in [0.15, 0.2) is 0 Å². The van der Waals surface area contributed by atoms with E-state index in [-0.39, 0.29) is 35.6 Å². The molecule has 114 valence electrons. The smallest absolute Gasteiger partial charge is 0.228 e. The Kier molecular flexibility index (Phi) is 5.42. The van der Waals surface area contributed by atoms with E-state index >= 15 is 0 Å². The Morgan fingerprint density at radius 3 is 2.45 bits per heavy atom. The molecule has 1 amide bonds. The van der Waals surface area contributed by atoms with Crippen molar-refractivity contribution in [3.05, 3.63) is 0 Å². The molecule has 1 aliphatic heterocycles. The fourth-order valence-corrected chi connectivity index (χ4v) is 3.56. The number of aliphatic hydroxyl groups excluding tert-OH is 1. The summed E-state index contributed by atoms with van der Waals surface area (Å²) in [5.74, 6) is 5.41. The van der Waals surface area contributed by atoms with Crippen molar-refractivity contribution in [2.45, 2.75) is 64.4 Å². The first-order chi connectivity index (χ1) is 9.10. The van der Waals surface area contributed by atoms with Crippen LogP contribution in [0.3, 0.4) is 0 Å². The van der Waals surface area contributed by atoms with Crippen molar-refractivity contribution < 1.29 is 14.3 Å². The number of aliphatic hydroxyl groups is 1. The quantitative estimate of drug-likeness (QED) is 0.473. The van der Waals surface area contributed by atoms with Crippen molar-refractivity contribution in [2.75, 3.05) is 6.61 Å². The SMILES string of the molecule is C[C@@H](O[Si](C)(C)C(C)(C)C)[C@H]1C(=O)N[C@@H]1CC#CCO. The van der Waals surface area contributed by atoms with Crippen LogP contribution in [-0.2, 0) is 9.22 Å². The molecule has 1 fully saturated rings. The Bertz CT molecular complexity index is 417. The van der Waals surface area contributed by atoms with E-state index in [2.05, 4.69) is 51.0 Å². The van der Waals surface area contributed by atoms with Gasteiger partial charge in [0.1, 0.15) is 6.61 Å². The zero-order chi connectivity index (χ0) is 15.6. The van der Waals surface area contributed by atoms with Crippen LogP contribution in [-0.4, -0.2) is 38.1 Å². The lowest BCUT2D eigenvalue weighted by molar-refractivity contribution is -0.139. The molecule has 0 unspecified atom stereocenters. The van der Waals surface area contributed by atoms with Crippen LogP contribution in [0, 0.1) is 17.8 Å². The highest BCUT2D eigenvalue weighted by Gasteiger charge is 2.46. The van der Waals surface area contributed by atoms with Gasteiger partial charge >= 0.3 is 0 Å². The Hall–Kier alpha value is -0.833. The number of hydrogen-bond donors (Lipinski definition) is 2. The van der Waals surface area contributed by atoms with Crippen LogP contribution < -0.4 is 5.32 Å². The van der Waals surface area contributed by atoms with Gasteiger partial charge in [0.15, 0.2) is 8.32 Å². The third kappa shape index (κ3) is 3.84. The Labute approximate surface area is 123 Å². The van der Waals surface area contributed by atoms with Gasteiger partial charge in [-0.05, 0) is 25.1 Å². The summed E-state index contributed by atoms with van der Waals surface area (Å²) in [5.41, 5.74) is 0. The molecule has 0 aliphatic carbocycles. The molecule has 20 heavy (non-hydrogen) atoms. The van der Waals surface area contributed by atoms with Gasteiger partial charge in [-0.1, -0.05) is 32.6 Å². The molecule has 5 heteroatoms. The molecule has 0 spiro atoms. The second-order valence-corrected chi connectivity index (χ2v) is 11.7. The molecule has 1 aliphatic rings. The topological polar surface area (TPSA) is 58.6 Å². The standard InChI is InChI=1S/C15H27NO3Si/c1-11(19-20(5,6)15(2,3)4)13-12(16-14(13)18)9-7-8-10-17/h11-13,17H,9-10H2,1-6H3,(H,16,18)/t11-,12-,13-/m1/s1. The number of β-lactam (4-membered cyclic amide) rings is 1. The van der Waals surface area contributed by atoms with E-state index < -0.39 is 8.32 Å². The Balaban J connectivity index is 2.66. The molecule has 2 N–H and O–H groups in total. The van der Waals surface area contributed by atoms with Gasteiger partial charge in [0.25, 0.3) is 0 Å². The van der Waals surface area contributed by atoms with Gasteiger partial charge in [0, 0.05) is 6.42 Å². The molecule has 4 nitrogen and oxygen atoms in total. The summed E-state index contributed by atoms with van der Waals surface area (Å²) in [6.07, 6.45) is 0.480. The fourth-order valence-electron chi connectivity index (χ4n) is 2.13. The molecule has 0 aromatic heterocycles. The first kappa shape index (κ1) is 17.2. The van der Waals surface area contributed by atoms with E-state index in [0.29, 0.717) is 6.42 Å². The predicted octanol–water partition coefficient (Wildman–Crippen LogP) is 1.90. The van der Waals surface area contributed by atoms with Crippen LogP contribution >= 0.6 is 0 Å². The largest absolute Gasteiger partial charge is 0.413 e. The maximum Gasteiger partial charge on any atom is 0.228 e. The van der Waals surface area contributed by atoms with E-state index in [0.717, 1.165) is 0 Å². The van der Waals surface area contributed by atoms with Crippen molar-refractivity contribution >= 4 is 14.2 Å². The number of nitrogens with one attached hydrogen (secondary N) is 1. The highest BCUT2D eigenvalue weighted by Crippen LogP contribution is 2.39. The molecular formula is C15H27NO3Si. The lowest BCUT2D eigenvalue weighted by Crippen LogP contribution is -2.63. The first-order valence-electron chi connectivity index (χ1n) is 7.15. The highest BCUT2D eigenvalue weighted by molar-refractivity contribution is 6.74. The molecule has 1 heterocycles. The average Bonchev–Trinajstić information content (AvgIpc) is 2.25. The molecule has 0 bridgehead atoms. The molecular weight excluding hydrogens is 270 g/mol. The number of hydrogen-bond acceptors (Lipinski definition) is 3. The lowest BCUT2D eigenvalue weighted by Gasteiger charge is -2.45. The highest BCUT2D eigenvalue weighted by atomic mass is 28.4. The molecule has 1 rings (SSSR count). The van der Waals surface area contributed by atoms with E-state index in [9.17, 15) is 4.79 Å². The molecule has 1 saturated heterocycles. The molecule has 0 aromatic carbocycles. The summed E-state index contributed by atoms with van der Waals surface area (Å²) in [6.45, 7) is 12.8. The molecule has 3 atom stereocenters. The van der Waals surface area contributed by atoms with Gasteiger partial charge in [0.2, 0.25) is 5.91 Å². The number of amides is 1. The van der Waals surface area contributed by atoms with Gasteiger partial charge in [-0.25, -0.2) is 0 Å². The van der Waals surface area contributed by atoms with Gasteiger partial charge in [-0.2, -0.15) is 0 Å². The molecule has 0 saturated carbocycles. The minimum absolute atomic E-state index is 0.0429. The van der Waals surface area contributed by atoms with Gasteiger partial charge < -0.3 is 14.8 Å². The average molecular weight is 297 g/mol. The normalized spacial score (nSPS) is 24.2. The third-order valence-corrected chi connectivity index (χ3v) is 8.96. The number of carbonyl (C=O) groups is 1. The summed E-state index contributed by atoms with van der Waals surface area (Å²) in [5, 5.41) is 11.7. The summed E-state index contributed by atoms with van der Waals surface area (Å²) in [4.78, 5) is 11.8. The summed E-state index contributed by atoms with van der Waals surface area (Å²) >= 11 is 0. The lowest BCUT2D eigenvalue weighted by atomic mass is 9.84. The Morgan fingerprint density at radius 1 is 1.40 bits per heavy atom. The van der Waals surface area contributed by atoms with E-state index in [1.807, 2.05) is 6.92 Å². The van der Waals surface area contributed by atoms with Crippen molar-refractivity contribution in [3.63, 3.8) is 0 Å². The number of rotatable bonds is 4. The van der Waals surface area contributed by atoms with Gasteiger partial charge in [-0.3, -0.25) is 4.79 Å². The van der Waals surface area contributed by atoms with Crippen molar-refractivity contribution in [2.24, 2.45) is 5.92 Å². The predicted molar refractivity (Wildman–Crippen MR) is 82.6 cm³/mol. The minimum atomic E-state index is -1.87. The molecule has 0 aromatic rings. The van der Waals surface area contributed by atoms with Gasteiger partial charge in [-0.15, -0.1) is 0 Å². The van der Waals surface area contributed by atoms with Gasteiger partial charge in [0.05, 0.1) is 18.1 Å². The monoisotopic (exact) mass is 297 g/mol. The van der Waals surface area contributed by atoms with Crippen LogP contribution in [0.5, 0.6) is 0 Å². The van der Waals surface area contributed by atoms with Crippen LogP contribution in [0.25, 0.3) is 0 Å². The van der Waals surface area contributed by atoms with E-state index in [1.165, 1.54) is 0 Å². The minimum Gasteiger partial charge on any atom is -0.413 e. The Morgan fingerprint density at radius 2 is 2.00 bits per heavy atom. The molecule has 0 radical (unpaired) electrons. The van der Waals surface area contributed by atoms with Crippen molar-refractivity contribution in [3.8, 4) is 11.8 Å². The van der Waals surface area contributed by atoms with Crippen LogP contribution in [0.1, 0.15) is 34.1 Å². The first-order valence-corrected chi connectivity index (χ1v) is 10.1. The maximum absolute atomic E-state index is 11.8. The summed E-state index contributed by atoms with van der Waals surface area (Å²) < 4.78 is 6.29. The zero-order valence-electron chi connectivity index (χ0n) is 13.4. The van der Waals surface area contributed by atoms with Crippen molar-refractivity contribution in [1.29, 1.82) is 0 Å². The zero-order valence-corrected chi connectivity index (χ0v) is 14.4.